The minimum atomic E-state index is -1.51. The van der Waals surface area contributed by atoms with Gasteiger partial charge in [0.2, 0.25) is 0 Å². The maximum absolute atomic E-state index is 9.12. The zero-order valence-electron chi connectivity index (χ0n) is 6.24. The summed E-state index contributed by atoms with van der Waals surface area (Å²) in [5, 5.41) is 44.4. The van der Waals surface area contributed by atoms with Gasteiger partial charge in [0.15, 0.2) is 6.29 Å². The first kappa shape index (κ1) is 9.85. The van der Waals surface area contributed by atoms with Gasteiger partial charge in [-0.2, -0.15) is 0 Å². The largest absolute Gasteiger partial charge is 0.394 e. The Morgan fingerprint density at radius 3 is 2.08 bits per heavy atom. The van der Waals surface area contributed by atoms with Crippen LogP contribution in [0.25, 0.3) is 0 Å². The lowest BCUT2D eigenvalue weighted by molar-refractivity contribution is -0.150. The van der Waals surface area contributed by atoms with E-state index in [1.54, 1.807) is 0 Å². The molecule has 1 aliphatic heterocycles. The standard InChI is InChI=1S/C6H12O6/c7-1-2(8)5-3(9)4(10)6(11)12-5/h2-11H,1H2/t2?,3-,4+,5+,6+/m0/s1. The molecule has 0 bridgehead atoms. The van der Waals surface area contributed by atoms with E-state index in [1.165, 1.54) is 0 Å². The van der Waals surface area contributed by atoms with Gasteiger partial charge >= 0.3 is 0 Å². The molecule has 5 N–H and O–H groups in total. The van der Waals surface area contributed by atoms with Crippen molar-refractivity contribution in [2.24, 2.45) is 0 Å². The molecule has 5 atom stereocenters. The quantitative estimate of drug-likeness (QED) is 0.306. The van der Waals surface area contributed by atoms with E-state index in [4.69, 9.17) is 25.5 Å². The zero-order valence-corrected chi connectivity index (χ0v) is 6.24. The van der Waals surface area contributed by atoms with Crippen LogP contribution >= 0.6 is 0 Å². The molecule has 1 heterocycles. The van der Waals surface area contributed by atoms with Gasteiger partial charge < -0.3 is 30.3 Å². The van der Waals surface area contributed by atoms with Gasteiger partial charge in [0.1, 0.15) is 24.4 Å². The minimum Gasteiger partial charge on any atom is -0.394 e. The Labute approximate surface area is 68.6 Å². The van der Waals surface area contributed by atoms with E-state index >= 15 is 0 Å². The second-order valence-electron chi connectivity index (χ2n) is 2.72. The fourth-order valence-corrected chi connectivity index (χ4v) is 1.11. The number of hydrogen-bond donors (Lipinski definition) is 5. The smallest absolute Gasteiger partial charge is 0.184 e. The van der Waals surface area contributed by atoms with Crippen molar-refractivity contribution in [1.82, 2.24) is 0 Å². The molecule has 0 radical (unpaired) electrons. The molecule has 12 heavy (non-hydrogen) atoms. The third kappa shape index (κ3) is 1.58. The predicted octanol–water partition coefficient (Wildman–Crippen LogP) is -3.22. The van der Waals surface area contributed by atoms with Crippen LogP contribution in [0.1, 0.15) is 0 Å². The highest BCUT2D eigenvalue weighted by Crippen LogP contribution is 2.21. The molecule has 0 aromatic rings. The molecular weight excluding hydrogens is 168 g/mol. The molecule has 0 saturated carbocycles. The monoisotopic (exact) mass is 180 g/mol. The highest BCUT2D eigenvalue weighted by molar-refractivity contribution is 4.89. The number of hydrogen-bond acceptors (Lipinski definition) is 6. The lowest BCUT2D eigenvalue weighted by atomic mass is 10.1. The van der Waals surface area contributed by atoms with Gasteiger partial charge in [0, 0.05) is 0 Å². The summed E-state index contributed by atoms with van der Waals surface area (Å²) in [4.78, 5) is 0. The van der Waals surface area contributed by atoms with Crippen LogP contribution in [0.15, 0.2) is 0 Å². The Morgan fingerprint density at radius 1 is 1.17 bits per heavy atom. The van der Waals surface area contributed by atoms with Crippen LogP contribution in [-0.2, 0) is 4.74 Å². The predicted molar refractivity (Wildman–Crippen MR) is 36.0 cm³/mol. The fraction of sp³-hybridized carbons (Fsp3) is 1.00. The number of aliphatic hydroxyl groups is 5. The van der Waals surface area contributed by atoms with Crippen molar-refractivity contribution in [1.29, 1.82) is 0 Å². The van der Waals surface area contributed by atoms with E-state index in [0.29, 0.717) is 0 Å². The molecule has 1 aliphatic rings. The molecule has 1 unspecified atom stereocenters. The van der Waals surface area contributed by atoms with Gasteiger partial charge in [-0.3, -0.25) is 0 Å². The van der Waals surface area contributed by atoms with Crippen LogP contribution in [0.3, 0.4) is 0 Å². The molecule has 1 rings (SSSR count). The van der Waals surface area contributed by atoms with Crippen LogP contribution in [0.5, 0.6) is 0 Å². The fourth-order valence-electron chi connectivity index (χ4n) is 1.11. The van der Waals surface area contributed by atoms with E-state index in [2.05, 4.69) is 4.74 Å². The lowest BCUT2D eigenvalue weighted by Gasteiger charge is -2.18. The molecule has 0 aromatic carbocycles. The zero-order chi connectivity index (χ0) is 9.30. The minimum absolute atomic E-state index is 0.596. The van der Waals surface area contributed by atoms with Crippen molar-refractivity contribution in [2.75, 3.05) is 6.61 Å². The summed E-state index contributed by atoms with van der Waals surface area (Å²) < 4.78 is 4.58. The molecule has 0 spiro atoms. The summed E-state index contributed by atoms with van der Waals surface area (Å²) in [6, 6.07) is 0. The van der Waals surface area contributed by atoms with Crippen LogP contribution in [-0.4, -0.2) is 62.8 Å². The van der Waals surface area contributed by atoms with Crippen molar-refractivity contribution in [3.8, 4) is 0 Å². The second-order valence-corrected chi connectivity index (χ2v) is 2.72. The van der Waals surface area contributed by atoms with E-state index in [-0.39, 0.29) is 0 Å². The van der Waals surface area contributed by atoms with E-state index < -0.39 is 37.3 Å². The first-order valence-corrected chi connectivity index (χ1v) is 3.56. The molecular formula is C6H12O6. The summed E-state index contributed by atoms with van der Waals surface area (Å²) >= 11 is 0. The van der Waals surface area contributed by atoms with Crippen molar-refractivity contribution in [2.45, 2.75) is 30.7 Å². The normalized spacial score (nSPS) is 44.8. The molecule has 0 amide bonds. The summed E-state index contributed by atoms with van der Waals surface area (Å²) in [5.41, 5.74) is 0. The van der Waals surface area contributed by atoms with Crippen LogP contribution < -0.4 is 0 Å². The molecule has 0 aromatic heterocycles. The Morgan fingerprint density at radius 2 is 1.75 bits per heavy atom. The van der Waals surface area contributed by atoms with Crippen molar-refractivity contribution in [3.63, 3.8) is 0 Å². The van der Waals surface area contributed by atoms with Crippen molar-refractivity contribution in [3.05, 3.63) is 0 Å². The maximum atomic E-state index is 9.12. The third-order valence-corrected chi connectivity index (χ3v) is 1.84. The van der Waals surface area contributed by atoms with Gasteiger partial charge in [-0.15, -0.1) is 0 Å². The van der Waals surface area contributed by atoms with Crippen molar-refractivity contribution >= 4 is 0 Å². The molecule has 1 fully saturated rings. The molecule has 1 saturated heterocycles. The Bertz CT molecular complexity index is 151. The summed E-state index contributed by atoms with van der Waals surface area (Å²) in [6.07, 6.45) is -6.75. The lowest BCUT2D eigenvalue weighted by Crippen LogP contribution is -2.40. The topological polar surface area (TPSA) is 110 Å². The van der Waals surface area contributed by atoms with Gasteiger partial charge in [0.05, 0.1) is 6.61 Å². The van der Waals surface area contributed by atoms with Crippen molar-refractivity contribution < 1.29 is 30.3 Å². The number of ether oxygens (including phenoxy) is 1. The highest BCUT2D eigenvalue weighted by atomic mass is 16.6. The second kappa shape index (κ2) is 3.65. The SMILES string of the molecule is OCC(O)[C@H]1O[C@@H](O)[C@H](O)[C@@H]1O. The average molecular weight is 180 g/mol. The Balaban J connectivity index is 2.58. The highest BCUT2D eigenvalue weighted by Gasteiger charge is 2.44. The van der Waals surface area contributed by atoms with Crippen LogP contribution in [0.4, 0.5) is 0 Å². The number of rotatable bonds is 2. The average Bonchev–Trinajstić information content (AvgIpc) is 2.32. The molecule has 6 nitrogen and oxygen atoms in total. The summed E-state index contributed by atoms with van der Waals surface area (Å²) in [7, 11) is 0. The van der Waals surface area contributed by atoms with Gasteiger partial charge in [-0.25, -0.2) is 0 Å². The van der Waals surface area contributed by atoms with Crippen LogP contribution in [0, 0.1) is 0 Å². The Kier molecular flexibility index (Phi) is 2.99. The summed E-state index contributed by atoms with van der Waals surface area (Å²) in [6.45, 7) is -0.596. The number of aliphatic hydroxyl groups excluding tert-OH is 5. The molecule has 72 valence electrons. The van der Waals surface area contributed by atoms with E-state index in [1.807, 2.05) is 0 Å². The summed E-state index contributed by atoms with van der Waals surface area (Å²) in [5.74, 6) is 0. The molecule has 0 aliphatic carbocycles. The van der Waals surface area contributed by atoms with E-state index in [0.717, 1.165) is 0 Å². The van der Waals surface area contributed by atoms with Gasteiger partial charge in [-0.05, 0) is 0 Å². The first-order chi connectivity index (χ1) is 5.57. The first-order valence-electron chi connectivity index (χ1n) is 3.56. The van der Waals surface area contributed by atoms with Gasteiger partial charge in [-0.1, -0.05) is 0 Å². The third-order valence-electron chi connectivity index (χ3n) is 1.84. The molecule has 6 heteroatoms. The van der Waals surface area contributed by atoms with Gasteiger partial charge in [0.25, 0.3) is 0 Å². The maximum Gasteiger partial charge on any atom is 0.184 e. The Hall–Kier alpha value is -0.240. The van der Waals surface area contributed by atoms with Crippen LogP contribution in [0.2, 0.25) is 0 Å². The van der Waals surface area contributed by atoms with E-state index in [9.17, 15) is 0 Å².